The highest BCUT2D eigenvalue weighted by Gasteiger charge is 2.22. The summed E-state index contributed by atoms with van der Waals surface area (Å²) in [4.78, 5) is 7.88. The number of hydrogen-bond acceptors (Lipinski definition) is 3. The Kier molecular flexibility index (Phi) is 2.99. The molecule has 0 saturated carbocycles. The fourth-order valence-electron chi connectivity index (χ4n) is 0.867. The molecule has 68 valence electrons. The summed E-state index contributed by atoms with van der Waals surface area (Å²) >= 11 is 0. The Labute approximate surface area is 77.9 Å². The third kappa shape index (κ3) is 2.53. The van der Waals surface area contributed by atoms with E-state index >= 15 is 0 Å². The topological polar surface area (TPSA) is 46.0 Å². The van der Waals surface area contributed by atoms with Crippen molar-refractivity contribution in [1.82, 2.24) is 9.97 Å². The number of rotatable bonds is 1. The quantitative estimate of drug-likeness (QED) is 0.652. The number of aromatic nitrogens is 2. The molecule has 0 bridgehead atoms. The van der Waals surface area contributed by atoms with Crippen molar-refractivity contribution in [3.05, 3.63) is 24.3 Å². The first-order chi connectivity index (χ1) is 6.17. The van der Waals surface area contributed by atoms with Gasteiger partial charge in [-0.2, -0.15) is 0 Å². The fraction of sp³-hybridized carbons (Fsp3) is 0.400. The minimum Gasteiger partial charge on any atom is -0.371 e. The molecule has 0 fully saturated rings. The summed E-state index contributed by atoms with van der Waals surface area (Å²) in [6, 6.07) is 1.70. The maximum atomic E-state index is 9.82. The molecule has 1 atom stereocenters. The Hall–Kier alpha value is -1.40. The second-order valence-corrected chi connectivity index (χ2v) is 2.80. The molecule has 0 spiro atoms. The second kappa shape index (κ2) is 4.01. The van der Waals surface area contributed by atoms with Crippen LogP contribution in [0.4, 0.5) is 0 Å². The van der Waals surface area contributed by atoms with E-state index in [1.54, 1.807) is 25.4 Å². The zero-order valence-corrected chi connectivity index (χ0v) is 7.78. The van der Waals surface area contributed by atoms with Crippen LogP contribution in [-0.2, 0) is 5.60 Å². The van der Waals surface area contributed by atoms with Gasteiger partial charge in [0.05, 0.1) is 0 Å². The van der Waals surface area contributed by atoms with Gasteiger partial charge in [0.15, 0.2) is 11.4 Å². The van der Waals surface area contributed by atoms with Gasteiger partial charge < -0.3 is 5.11 Å². The molecule has 0 aliphatic heterocycles. The smallest absolute Gasteiger partial charge is 0.182 e. The maximum absolute atomic E-state index is 9.82. The average Bonchev–Trinajstić information content (AvgIpc) is 2.16. The Morgan fingerprint density at radius 2 is 2.08 bits per heavy atom. The normalized spacial score (nSPS) is 14.1. The first-order valence-corrected chi connectivity index (χ1v) is 4.16. The molecule has 1 N–H and O–H groups in total. The van der Waals surface area contributed by atoms with Crippen molar-refractivity contribution < 1.29 is 5.11 Å². The molecule has 1 rings (SSSR count). The average molecular weight is 176 g/mol. The van der Waals surface area contributed by atoms with Crippen molar-refractivity contribution in [1.29, 1.82) is 0 Å². The lowest BCUT2D eigenvalue weighted by molar-refractivity contribution is 0.112. The fourth-order valence-corrected chi connectivity index (χ4v) is 0.867. The third-order valence-electron chi connectivity index (χ3n) is 1.51. The van der Waals surface area contributed by atoms with Crippen LogP contribution >= 0.6 is 0 Å². The molecule has 0 saturated heterocycles. The van der Waals surface area contributed by atoms with Crippen LogP contribution in [0.25, 0.3) is 0 Å². The molecule has 1 aromatic heterocycles. The highest BCUT2D eigenvalue weighted by atomic mass is 16.3. The minimum atomic E-state index is -1.24. The standard InChI is InChI=1S/C10H12N2O/c1-3-4-6-10(2,13)9-11-7-5-8-12-9/h5,7-8,13H,3H2,1-2H3. The number of nitrogens with zero attached hydrogens (tertiary/aromatic N) is 2. The molecule has 3 heteroatoms. The van der Waals surface area contributed by atoms with Crippen molar-refractivity contribution in [2.24, 2.45) is 0 Å². The lowest BCUT2D eigenvalue weighted by atomic mass is 10.1. The van der Waals surface area contributed by atoms with Gasteiger partial charge in [-0.15, -0.1) is 5.92 Å². The van der Waals surface area contributed by atoms with Crippen LogP contribution in [0, 0.1) is 11.8 Å². The molecule has 1 aromatic rings. The lowest BCUT2D eigenvalue weighted by Crippen LogP contribution is -2.21. The van der Waals surface area contributed by atoms with Crippen LogP contribution in [0.3, 0.4) is 0 Å². The lowest BCUT2D eigenvalue weighted by Gasteiger charge is -2.13. The van der Waals surface area contributed by atoms with Crippen LogP contribution in [0.5, 0.6) is 0 Å². The van der Waals surface area contributed by atoms with Gasteiger partial charge in [0.2, 0.25) is 0 Å². The molecular weight excluding hydrogens is 164 g/mol. The van der Waals surface area contributed by atoms with Gasteiger partial charge in [-0.05, 0) is 13.0 Å². The van der Waals surface area contributed by atoms with Crippen molar-refractivity contribution in [2.75, 3.05) is 0 Å². The van der Waals surface area contributed by atoms with Crippen molar-refractivity contribution in [3.63, 3.8) is 0 Å². The largest absolute Gasteiger partial charge is 0.371 e. The van der Waals surface area contributed by atoms with E-state index < -0.39 is 5.60 Å². The SMILES string of the molecule is CCC#CC(C)(O)c1ncccn1. The van der Waals surface area contributed by atoms with Crippen LogP contribution in [0.15, 0.2) is 18.5 Å². The minimum absolute atomic E-state index is 0.343. The molecule has 0 amide bonds. The van der Waals surface area contributed by atoms with E-state index in [4.69, 9.17) is 0 Å². The molecule has 1 unspecified atom stereocenters. The van der Waals surface area contributed by atoms with Crippen LogP contribution in [0.1, 0.15) is 26.1 Å². The first kappa shape index (κ1) is 9.69. The Bertz CT molecular complexity index is 322. The van der Waals surface area contributed by atoms with Gasteiger partial charge in [0, 0.05) is 18.8 Å². The highest BCUT2D eigenvalue weighted by Crippen LogP contribution is 2.13. The second-order valence-electron chi connectivity index (χ2n) is 2.80. The van der Waals surface area contributed by atoms with Crippen molar-refractivity contribution in [3.8, 4) is 11.8 Å². The number of hydrogen-bond donors (Lipinski definition) is 1. The van der Waals surface area contributed by atoms with Gasteiger partial charge in [-0.3, -0.25) is 0 Å². The van der Waals surface area contributed by atoms with E-state index in [9.17, 15) is 5.11 Å². The molecule has 3 nitrogen and oxygen atoms in total. The summed E-state index contributed by atoms with van der Waals surface area (Å²) in [5, 5.41) is 9.82. The van der Waals surface area contributed by atoms with Gasteiger partial charge in [0.1, 0.15) is 0 Å². The van der Waals surface area contributed by atoms with Crippen LogP contribution < -0.4 is 0 Å². The van der Waals surface area contributed by atoms with E-state index in [0.29, 0.717) is 12.2 Å². The van der Waals surface area contributed by atoms with Gasteiger partial charge in [-0.1, -0.05) is 12.8 Å². The molecule has 13 heavy (non-hydrogen) atoms. The molecular formula is C10H12N2O. The third-order valence-corrected chi connectivity index (χ3v) is 1.51. The summed E-state index contributed by atoms with van der Waals surface area (Å²) in [6.07, 6.45) is 3.89. The van der Waals surface area contributed by atoms with E-state index in [0.717, 1.165) is 0 Å². The van der Waals surface area contributed by atoms with Crippen molar-refractivity contribution >= 4 is 0 Å². The summed E-state index contributed by atoms with van der Waals surface area (Å²) < 4.78 is 0. The Balaban J connectivity index is 2.94. The molecule has 0 aliphatic rings. The van der Waals surface area contributed by atoms with Crippen LogP contribution in [0.2, 0.25) is 0 Å². The van der Waals surface area contributed by atoms with Crippen LogP contribution in [-0.4, -0.2) is 15.1 Å². The zero-order chi connectivity index (χ0) is 9.73. The maximum Gasteiger partial charge on any atom is 0.182 e. The summed E-state index contributed by atoms with van der Waals surface area (Å²) in [7, 11) is 0. The predicted molar refractivity (Wildman–Crippen MR) is 49.7 cm³/mol. The van der Waals surface area contributed by atoms with E-state index in [-0.39, 0.29) is 0 Å². The van der Waals surface area contributed by atoms with Gasteiger partial charge in [-0.25, -0.2) is 9.97 Å². The van der Waals surface area contributed by atoms with Gasteiger partial charge >= 0.3 is 0 Å². The Morgan fingerprint density at radius 3 is 2.62 bits per heavy atom. The summed E-state index contributed by atoms with van der Waals surface area (Å²) in [6.45, 7) is 3.51. The highest BCUT2D eigenvalue weighted by molar-refractivity contribution is 5.19. The number of aliphatic hydroxyl groups is 1. The zero-order valence-electron chi connectivity index (χ0n) is 7.78. The summed E-state index contributed by atoms with van der Waals surface area (Å²) in [5.41, 5.74) is -1.24. The molecule has 0 aliphatic carbocycles. The van der Waals surface area contributed by atoms with E-state index in [1.807, 2.05) is 6.92 Å². The van der Waals surface area contributed by atoms with Crippen molar-refractivity contribution in [2.45, 2.75) is 25.9 Å². The molecule has 1 heterocycles. The summed E-state index contributed by atoms with van der Waals surface area (Å²) in [5.74, 6) is 5.86. The monoisotopic (exact) mass is 176 g/mol. The first-order valence-electron chi connectivity index (χ1n) is 4.16. The van der Waals surface area contributed by atoms with E-state index in [2.05, 4.69) is 21.8 Å². The van der Waals surface area contributed by atoms with E-state index in [1.165, 1.54) is 0 Å². The molecule has 0 radical (unpaired) electrons. The van der Waals surface area contributed by atoms with Gasteiger partial charge in [0.25, 0.3) is 0 Å². The molecule has 0 aromatic carbocycles. The predicted octanol–water partition coefficient (Wildman–Crippen LogP) is 1.10. The Morgan fingerprint density at radius 1 is 1.46 bits per heavy atom.